The largest absolute Gasteiger partial charge is 0.496 e. The average molecular weight is 525 g/mol. The van der Waals surface area contributed by atoms with Crippen LogP contribution in [0.2, 0.25) is 0 Å². The quantitative estimate of drug-likeness (QED) is 0.211. The van der Waals surface area contributed by atoms with Crippen molar-refractivity contribution in [3.05, 3.63) is 138 Å². The summed E-state index contributed by atoms with van der Waals surface area (Å²) in [5.74, 6) is 1.44. The average Bonchev–Trinajstić information content (AvgIpc) is 3.66. The summed E-state index contributed by atoms with van der Waals surface area (Å²) in [6.45, 7) is 0.394. The number of pyridine rings is 1. The van der Waals surface area contributed by atoms with Crippen LogP contribution in [0.1, 0.15) is 28.2 Å². The number of para-hydroxylation sites is 1. The van der Waals surface area contributed by atoms with Crippen LogP contribution in [0.4, 0.5) is 0 Å². The first-order valence-electron chi connectivity index (χ1n) is 13.0. The summed E-state index contributed by atoms with van der Waals surface area (Å²) in [5.41, 5.74) is 6.83. The molecule has 0 atom stereocenters. The van der Waals surface area contributed by atoms with Gasteiger partial charge in [-0.3, -0.25) is 4.98 Å². The molecule has 196 valence electrons. The number of hydrogen-bond donors (Lipinski definition) is 1. The van der Waals surface area contributed by atoms with Crippen molar-refractivity contribution in [2.45, 2.75) is 6.61 Å². The van der Waals surface area contributed by atoms with Crippen molar-refractivity contribution in [2.24, 2.45) is 0 Å². The fourth-order valence-corrected chi connectivity index (χ4v) is 4.48. The van der Waals surface area contributed by atoms with E-state index in [1.165, 1.54) is 5.39 Å². The molecule has 0 radical (unpaired) electrons. The Morgan fingerprint density at radius 1 is 0.825 bits per heavy atom. The van der Waals surface area contributed by atoms with Gasteiger partial charge in [0, 0.05) is 29.5 Å². The zero-order chi connectivity index (χ0) is 27.1. The molecule has 3 aromatic carbocycles. The monoisotopic (exact) mass is 524 g/mol. The first-order valence-corrected chi connectivity index (χ1v) is 13.0. The second-order valence-electron chi connectivity index (χ2n) is 9.25. The fourth-order valence-electron chi connectivity index (χ4n) is 4.48. The zero-order valence-corrected chi connectivity index (χ0v) is 22.1. The van der Waals surface area contributed by atoms with Gasteiger partial charge in [-0.05, 0) is 83.8 Å². The SMILES string of the molecule is COc1cc(OCc2ccccn2)ccc1C=Cc1cc(C=Cc2ccc3cc[nH]c3c2)n(-c2ccccc2)n1. The second-order valence-corrected chi connectivity index (χ2v) is 9.25. The molecule has 0 bridgehead atoms. The lowest BCUT2D eigenvalue weighted by Gasteiger charge is -2.09. The van der Waals surface area contributed by atoms with Crippen molar-refractivity contribution in [1.82, 2.24) is 19.7 Å². The maximum atomic E-state index is 5.91. The Bertz CT molecular complexity index is 1780. The Labute approximate surface area is 232 Å². The number of methoxy groups -OCH3 is 1. The van der Waals surface area contributed by atoms with Crippen LogP contribution in [0.5, 0.6) is 11.5 Å². The summed E-state index contributed by atoms with van der Waals surface area (Å²) in [5, 5.41) is 6.08. The molecule has 6 rings (SSSR count). The predicted octanol–water partition coefficient (Wildman–Crippen LogP) is 7.68. The number of nitrogens with one attached hydrogen (secondary N) is 1. The molecule has 6 aromatic rings. The van der Waals surface area contributed by atoms with Crippen molar-refractivity contribution in [3.8, 4) is 17.2 Å². The molecule has 3 heterocycles. The third kappa shape index (κ3) is 5.71. The fraction of sp³-hybridized carbons (Fsp3) is 0.0588. The van der Waals surface area contributed by atoms with E-state index in [1.807, 2.05) is 77.6 Å². The summed E-state index contributed by atoms with van der Waals surface area (Å²) in [6.07, 6.45) is 11.9. The van der Waals surface area contributed by atoms with E-state index in [1.54, 1.807) is 13.3 Å². The highest BCUT2D eigenvalue weighted by molar-refractivity contribution is 5.83. The lowest BCUT2D eigenvalue weighted by atomic mass is 10.1. The molecule has 0 spiro atoms. The normalized spacial score (nSPS) is 11.5. The number of aromatic amines is 1. The number of benzene rings is 3. The third-order valence-electron chi connectivity index (χ3n) is 6.53. The Morgan fingerprint density at radius 2 is 1.73 bits per heavy atom. The summed E-state index contributed by atoms with van der Waals surface area (Å²) in [6, 6.07) is 32.2. The van der Waals surface area contributed by atoms with E-state index >= 15 is 0 Å². The molecule has 0 fully saturated rings. The van der Waals surface area contributed by atoms with Gasteiger partial charge < -0.3 is 14.5 Å². The molecule has 1 N–H and O–H groups in total. The smallest absolute Gasteiger partial charge is 0.130 e. The molecule has 0 saturated heterocycles. The van der Waals surface area contributed by atoms with Crippen LogP contribution in [-0.4, -0.2) is 26.9 Å². The summed E-state index contributed by atoms with van der Waals surface area (Å²) >= 11 is 0. The summed E-state index contributed by atoms with van der Waals surface area (Å²) in [4.78, 5) is 7.58. The molecular formula is C34H28N4O2. The third-order valence-corrected chi connectivity index (χ3v) is 6.53. The maximum Gasteiger partial charge on any atom is 0.130 e. The lowest BCUT2D eigenvalue weighted by molar-refractivity contribution is 0.299. The summed E-state index contributed by atoms with van der Waals surface area (Å²) < 4.78 is 13.5. The number of rotatable bonds is 9. The van der Waals surface area contributed by atoms with Crippen molar-refractivity contribution >= 4 is 35.2 Å². The number of nitrogens with zero attached hydrogens (tertiary/aromatic N) is 3. The van der Waals surface area contributed by atoms with Crippen LogP contribution in [0.15, 0.2) is 109 Å². The molecule has 6 heteroatoms. The molecule has 3 aromatic heterocycles. The molecule has 0 unspecified atom stereocenters. The Morgan fingerprint density at radius 3 is 2.58 bits per heavy atom. The van der Waals surface area contributed by atoms with E-state index in [0.717, 1.165) is 50.9 Å². The Balaban J connectivity index is 1.25. The first-order chi connectivity index (χ1) is 19.7. The van der Waals surface area contributed by atoms with Crippen LogP contribution in [0.3, 0.4) is 0 Å². The second kappa shape index (κ2) is 11.6. The minimum atomic E-state index is 0.394. The van der Waals surface area contributed by atoms with Gasteiger partial charge in [-0.1, -0.05) is 42.5 Å². The number of ether oxygens (including phenoxy) is 2. The lowest BCUT2D eigenvalue weighted by Crippen LogP contribution is -1.98. The van der Waals surface area contributed by atoms with Crippen LogP contribution in [0.25, 0.3) is 40.9 Å². The first kappa shape index (κ1) is 24.9. The van der Waals surface area contributed by atoms with Gasteiger partial charge in [-0.15, -0.1) is 0 Å². The van der Waals surface area contributed by atoms with E-state index in [4.69, 9.17) is 14.6 Å². The molecule has 0 saturated carbocycles. The Kier molecular flexibility index (Phi) is 7.22. The summed E-state index contributed by atoms with van der Waals surface area (Å²) in [7, 11) is 1.66. The van der Waals surface area contributed by atoms with Crippen LogP contribution >= 0.6 is 0 Å². The van der Waals surface area contributed by atoms with Gasteiger partial charge in [0.15, 0.2) is 0 Å². The number of aromatic nitrogens is 4. The zero-order valence-electron chi connectivity index (χ0n) is 22.1. The van der Waals surface area contributed by atoms with E-state index in [9.17, 15) is 0 Å². The van der Waals surface area contributed by atoms with E-state index in [-0.39, 0.29) is 0 Å². The van der Waals surface area contributed by atoms with Crippen molar-refractivity contribution in [2.75, 3.05) is 7.11 Å². The van der Waals surface area contributed by atoms with Gasteiger partial charge in [0.1, 0.15) is 18.1 Å². The number of hydrogen-bond acceptors (Lipinski definition) is 4. The molecule has 0 aliphatic heterocycles. The van der Waals surface area contributed by atoms with Gasteiger partial charge in [0.2, 0.25) is 0 Å². The standard InChI is InChI=1S/C34H28N4O2/c1-39-34-23-32(40-24-29-7-5-6-19-35-29)17-14-27(34)13-15-28-22-31(38(37-28)30-8-3-2-4-9-30)16-11-25-10-12-26-18-20-36-33(26)21-25/h2-23,36H,24H2,1H3. The van der Waals surface area contributed by atoms with Crippen molar-refractivity contribution < 1.29 is 9.47 Å². The van der Waals surface area contributed by atoms with E-state index in [2.05, 4.69) is 64.6 Å². The molecule has 0 aliphatic carbocycles. The predicted molar refractivity (Wildman–Crippen MR) is 161 cm³/mol. The van der Waals surface area contributed by atoms with Gasteiger partial charge >= 0.3 is 0 Å². The molecule has 0 amide bonds. The van der Waals surface area contributed by atoms with Crippen LogP contribution < -0.4 is 9.47 Å². The highest BCUT2D eigenvalue weighted by Crippen LogP contribution is 2.27. The van der Waals surface area contributed by atoms with E-state index < -0.39 is 0 Å². The molecule has 6 nitrogen and oxygen atoms in total. The number of H-pyrrole nitrogens is 1. The van der Waals surface area contributed by atoms with Crippen LogP contribution in [-0.2, 0) is 6.61 Å². The van der Waals surface area contributed by atoms with Crippen LogP contribution in [0, 0.1) is 0 Å². The highest BCUT2D eigenvalue weighted by Gasteiger charge is 2.08. The van der Waals surface area contributed by atoms with E-state index in [0.29, 0.717) is 6.61 Å². The van der Waals surface area contributed by atoms with Gasteiger partial charge in [0.05, 0.1) is 29.9 Å². The van der Waals surface area contributed by atoms with Gasteiger partial charge in [0.25, 0.3) is 0 Å². The molecule has 40 heavy (non-hydrogen) atoms. The van der Waals surface area contributed by atoms with Gasteiger partial charge in [-0.25, -0.2) is 4.68 Å². The minimum Gasteiger partial charge on any atom is -0.496 e. The van der Waals surface area contributed by atoms with Gasteiger partial charge in [-0.2, -0.15) is 5.10 Å². The number of fused-ring (bicyclic) bond motifs is 1. The highest BCUT2D eigenvalue weighted by atomic mass is 16.5. The molecule has 0 aliphatic rings. The topological polar surface area (TPSA) is 65.0 Å². The van der Waals surface area contributed by atoms with Crippen molar-refractivity contribution in [1.29, 1.82) is 0 Å². The Hall–Kier alpha value is -5.36. The molecular weight excluding hydrogens is 496 g/mol. The minimum absolute atomic E-state index is 0.394. The maximum absolute atomic E-state index is 5.91. The van der Waals surface area contributed by atoms with Crippen molar-refractivity contribution in [3.63, 3.8) is 0 Å².